The third kappa shape index (κ3) is 5.73. The summed E-state index contributed by atoms with van der Waals surface area (Å²) in [6.07, 6.45) is 1.31. The second kappa shape index (κ2) is 9.49. The number of ether oxygens (including phenoxy) is 1. The summed E-state index contributed by atoms with van der Waals surface area (Å²) in [5.74, 6) is -0.348. The van der Waals surface area contributed by atoms with Crippen LogP contribution in [0.5, 0.6) is 5.75 Å². The van der Waals surface area contributed by atoms with Gasteiger partial charge in [-0.05, 0) is 72.3 Å². The van der Waals surface area contributed by atoms with Gasteiger partial charge >= 0.3 is 5.97 Å². The number of esters is 1. The maximum atomic E-state index is 12.2. The summed E-state index contributed by atoms with van der Waals surface area (Å²) in [7, 11) is -3.81. The van der Waals surface area contributed by atoms with Crippen LogP contribution in [-0.4, -0.2) is 20.6 Å². The lowest BCUT2D eigenvalue weighted by Crippen LogP contribution is -2.18. The normalized spacial score (nSPS) is 11.4. The highest BCUT2D eigenvalue weighted by Crippen LogP contribution is 2.23. The summed E-state index contributed by atoms with van der Waals surface area (Å²) in [6.45, 7) is 0. The van der Waals surface area contributed by atoms with Crippen molar-refractivity contribution in [3.63, 3.8) is 0 Å². The summed E-state index contributed by atoms with van der Waals surface area (Å²) in [6, 6.07) is 16.4. The fourth-order valence-electron chi connectivity index (χ4n) is 2.28. The molecule has 0 atom stereocenters. The highest BCUT2D eigenvalue weighted by atomic mass is 35.5. The molecule has 0 bridgehead atoms. The van der Waals surface area contributed by atoms with Crippen molar-refractivity contribution in [2.75, 3.05) is 0 Å². The number of rotatable bonds is 6. The van der Waals surface area contributed by atoms with E-state index in [0.29, 0.717) is 15.6 Å². The molecule has 10 heteroatoms. The van der Waals surface area contributed by atoms with Crippen LogP contribution in [0.4, 0.5) is 0 Å². The SMILES string of the molecule is O=C(Oc1ccc(C=NNS(=O)(=O)c2ccc(Cl)cc2)cc1)c1ccc(Cl)cc1Cl. The summed E-state index contributed by atoms with van der Waals surface area (Å²) in [5, 5.41) is 4.76. The molecule has 0 aliphatic rings. The number of nitrogens with zero attached hydrogens (tertiary/aromatic N) is 1. The number of carbonyl (C=O) groups is 1. The lowest BCUT2D eigenvalue weighted by atomic mass is 10.2. The Labute approximate surface area is 188 Å². The minimum atomic E-state index is -3.81. The number of nitrogens with one attached hydrogen (secondary N) is 1. The summed E-state index contributed by atoms with van der Waals surface area (Å²) < 4.78 is 29.6. The predicted octanol–water partition coefficient (Wildman–Crippen LogP) is 5.18. The molecule has 30 heavy (non-hydrogen) atoms. The van der Waals surface area contributed by atoms with Crippen molar-refractivity contribution in [1.82, 2.24) is 4.83 Å². The average molecular weight is 484 g/mol. The molecular formula is C20H13Cl3N2O4S. The zero-order valence-corrected chi connectivity index (χ0v) is 18.1. The van der Waals surface area contributed by atoms with Gasteiger partial charge in [-0.2, -0.15) is 13.5 Å². The Morgan fingerprint density at radius 1 is 0.900 bits per heavy atom. The summed E-state index contributed by atoms with van der Waals surface area (Å²) in [4.78, 5) is 14.4. The molecule has 3 aromatic carbocycles. The van der Waals surface area contributed by atoms with E-state index in [1.54, 1.807) is 12.1 Å². The van der Waals surface area contributed by atoms with E-state index < -0.39 is 16.0 Å². The van der Waals surface area contributed by atoms with E-state index in [1.165, 1.54) is 60.8 Å². The fourth-order valence-corrected chi connectivity index (χ4v) is 3.68. The predicted molar refractivity (Wildman–Crippen MR) is 117 cm³/mol. The minimum Gasteiger partial charge on any atom is -0.423 e. The lowest BCUT2D eigenvalue weighted by molar-refractivity contribution is 0.0735. The maximum absolute atomic E-state index is 12.2. The first kappa shape index (κ1) is 22.1. The van der Waals surface area contributed by atoms with Crippen molar-refractivity contribution in [3.8, 4) is 5.75 Å². The first-order valence-electron chi connectivity index (χ1n) is 8.32. The van der Waals surface area contributed by atoms with Crippen LogP contribution in [0.1, 0.15) is 15.9 Å². The van der Waals surface area contributed by atoms with E-state index in [9.17, 15) is 13.2 Å². The van der Waals surface area contributed by atoms with Crippen LogP contribution >= 0.6 is 34.8 Å². The Balaban J connectivity index is 1.62. The highest BCUT2D eigenvalue weighted by Gasteiger charge is 2.14. The van der Waals surface area contributed by atoms with Crippen molar-refractivity contribution in [2.45, 2.75) is 4.90 Å². The van der Waals surface area contributed by atoms with Gasteiger partial charge in [-0.1, -0.05) is 34.8 Å². The molecule has 1 N–H and O–H groups in total. The largest absolute Gasteiger partial charge is 0.423 e. The first-order chi connectivity index (χ1) is 14.2. The summed E-state index contributed by atoms with van der Waals surface area (Å²) in [5.41, 5.74) is 0.765. The molecule has 0 aromatic heterocycles. The molecular weight excluding hydrogens is 471 g/mol. The Hall–Kier alpha value is -2.58. The van der Waals surface area contributed by atoms with Crippen LogP contribution in [0.2, 0.25) is 15.1 Å². The quantitative estimate of drug-likeness (QED) is 0.227. The third-order valence-corrected chi connectivity index (χ3v) is 5.79. The van der Waals surface area contributed by atoms with Crippen molar-refractivity contribution in [1.29, 1.82) is 0 Å². The van der Waals surface area contributed by atoms with Gasteiger partial charge < -0.3 is 4.74 Å². The first-order valence-corrected chi connectivity index (χ1v) is 10.9. The highest BCUT2D eigenvalue weighted by molar-refractivity contribution is 7.89. The Bertz CT molecular complexity index is 1200. The number of benzene rings is 3. The van der Waals surface area contributed by atoms with E-state index >= 15 is 0 Å². The smallest absolute Gasteiger partial charge is 0.345 e. The zero-order valence-electron chi connectivity index (χ0n) is 15.1. The molecule has 0 aliphatic carbocycles. The van der Waals surface area contributed by atoms with Crippen molar-refractivity contribution in [3.05, 3.63) is 92.9 Å². The fraction of sp³-hybridized carbons (Fsp3) is 0. The number of carbonyl (C=O) groups excluding carboxylic acids is 1. The van der Waals surface area contributed by atoms with Crippen molar-refractivity contribution < 1.29 is 17.9 Å². The van der Waals surface area contributed by atoms with Crippen LogP contribution in [0.25, 0.3) is 0 Å². The van der Waals surface area contributed by atoms with Gasteiger partial charge in [0.15, 0.2) is 0 Å². The van der Waals surface area contributed by atoms with Gasteiger partial charge in [0.25, 0.3) is 10.0 Å². The number of halogens is 3. The van der Waals surface area contributed by atoms with Gasteiger partial charge in [-0.3, -0.25) is 0 Å². The molecule has 0 saturated carbocycles. The molecule has 0 amide bonds. The molecule has 154 valence electrons. The lowest BCUT2D eigenvalue weighted by Gasteiger charge is -2.06. The Morgan fingerprint density at radius 2 is 1.53 bits per heavy atom. The number of sulfonamides is 1. The van der Waals surface area contributed by atoms with E-state index in [1.807, 2.05) is 0 Å². The molecule has 3 rings (SSSR count). The molecule has 0 fully saturated rings. The van der Waals surface area contributed by atoms with Gasteiger partial charge in [0.05, 0.1) is 21.7 Å². The van der Waals surface area contributed by atoms with Crippen LogP contribution in [0.3, 0.4) is 0 Å². The van der Waals surface area contributed by atoms with E-state index in [4.69, 9.17) is 39.5 Å². The molecule has 0 spiro atoms. The standard InChI is InChI=1S/C20H13Cl3N2O4S/c21-14-3-8-17(9-4-14)30(27,28)25-24-12-13-1-6-16(7-2-13)29-20(26)18-10-5-15(22)11-19(18)23/h1-12,25H. The second-order valence-electron chi connectivity index (χ2n) is 5.89. The van der Waals surface area contributed by atoms with Crippen molar-refractivity contribution in [2.24, 2.45) is 5.10 Å². The molecule has 0 aliphatic heterocycles. The van der Waals surface area contributed by atoms with Gasteiger partial charge in [-0.25, -0.2) is 9.63 Å². The Morgan fingerprint density at radius 3 is 2.17 bits per heavy atom. The number of hydrazone groups is 1. The van der Waals surface area contributed by atoms with Crippen molar-refractivity contribution >= 4 is 57.0 Å². The van der Waals surface area contributed by atoms with Gasteiger partial charge in [0.2, 0.25) is 0 Å². The zero-order chi connectivity index (χ0) is 21.7. The third-order valence-electron chi connectivity index (χ3n) is 3.75. The van der Waals surface area contributed by atoms with Gasteiger partial charge in [0, 0.05) is 10.0 Å². The van der Waals surface area contributed by atoms with Crippen LogP contribution < -0.4 is 9.57 Å². The van der Waals surface area contributed by atoms with Crippen LogP contribution in [0.15, 0.2) is 76.7 Å². The summed E-state index contributed by atoms with van der Waals surface area (Å²) >= 11 is 17.6. The molecule has 6 nitrogen and oxygen atoms in total. The number of hydrogen-bond acceptors (Lipinski definition) is 5. The molecule has 3 aromatic rings. The topological polar surface area (TPSA) is 84.8 Å². The molecule has 0 heterocycles. The molecule has 0 unspecified atom stereocenters. The van der Waals surface area contributed by atoms with E-state index in [0.717, 1.165) is 0 Å². The van der Waals surface area contributed by atoms with Crippen LogP contribution in [-0.2, 0) is 10.0 Å². The second-order valence-corrected chi connectivity index (χ2v) is 8.83. The Kier molecular flexibility index (Phi) is 6.99. The monoisotopic (exact) mass is 482 g/mol. The molecule has 0 radical (unpaired) electrons. The maximum Gasteiger partial charge on any atom is 0.345 e. The average Bonchev–Trinajstić information content (AvgIpc) is 2.69. The van der Waals surface area contributed by atoms with Gasteiger partial charge in [0.1, 0.15) is 5.75 Å². The number of hydrogen-bond donors (Lipinski definition) is 1. The van der Waals surface area contributed by atoms with E-state index in [2.05, 4.69) is 9.93 Å². The van der Waals surface area contributed by atoms with Crippen LogP contribution in [0, 0.1) is 0 Å². The van der Waals surface area contributed by atoms with Gasteiger partial charge in [-0.15, -0.1) is 0 Å². The minimum absolute atomic E-state index is 0.0344. The molecule has 0 saturated heterocycles. The van der Waals surface area contributed by atoms with E-state index in [-0.39, 0.29) is 21.2 Å².